The van der Waals surface area contributed by atoms with Crippen molar-refractivity contribution in [3.8, 4) is 5.75 Å². The highest BCUT2D eigenvalue weighted by atomic mass is 32.2. The van der Waals surface area contributed by atoms with Gasteiger partial charge in [-0.05, 0) is 24.5 Å². The van der Waals surface area contributed by atoms with Crippen LogP contribution in [0, 0.1) is 5.92 Å². The number of fused-ring (bicyclic) bond motifs is 1. The lowest BCUT2D eigenvalue weighted by atomic mass is 10.1. The molecule has 1 heterocycles. The topological polar surface area (TPSA) is 67.4 Å². The summed E-state index contributed by atoms with van der Waals surface area (Å²) in [4.78, 5) is 0.179. The molecule has 2 rings (SSSR count). The summed E-state index contributed by atoms with van der Waals surface area (Å²) in [5, 5.41) is 3.04. The van der Waals surface area contributed by atoms with Gasteiger partial charge in [-0.2, -0.15) is 0 Å². The Kier molecular flexibility index (Phi) is 4.90. The van der Waals surface area contributed by atoms with Gasteiger partial charge in [0.05, 0.1) is 11.7 Å². The highest BCUT2D eigenvalue weighted by molar-refractivity contribution is 7.89. The van der Waals surface area contributed by atoms with E-state index in [1.54, 1.807) is 24.3 Å². The standard InChI is InChI=1S/C15H22N2O3S/c1-4-8-16-13-6-5-7-14-15(13)21(18,19)17-12(10-20-14)9-11(2)3/h4-7,11-12,16-17H,1,8-10H2,2-3H3/t12-/m0/s1. The highest BCUT2D eigenvalue weighted by Crippen LogP contribution is 2.33. The first kappa shape index (κ1) is 15.9. The number of hydrogen-bond acceptors (Lipinski definition) is 4. The van der Waals surface area contributed by atoms with Crippen LogP contribution in [0.4, 0.5) is 5.69 Å². The third-order valence-corrected chi connectivity index (χ3v) is 4.80. The predicted octanol–water partition coefficient (Wildman–Crippen LogP) is 2.37. The molecule has 0 saturated heterocycles. The average Bonchev–Trinajstić information content (AvgIpc) is 2.53. The summed E-state index contributed by atoms with van der Waals surface area (Å²) >= 11 is 0. The number of nitrogens with one attached hydrogen (secondary N) is 2. The van der Waals surface area contributed by atoms with E-state index in [4.69, 9.17) is 4.74 Å². The van der Waals surface area contributed by atoms with Crippen LogP contribution in [0.3, 0.4) is 0 Å². The minimum absolute atomic E-state index is 0.179. The molecule has 1 aliphatic rings. The summed E-state index contributed by atoms with van der Waals surface area (Å²) in [6.45, 7) is 8.58. The van der Waals surface area contributed by atoms with Crippen LogP contribution < -0.4 is 14.8 Å². The van der Waals surface area contributed by atoms with E-state index in [0.717, 1.165) is 6.42 Å². The second-order valence-electron chi connectivity index (χ2n) is 5.56. The van der Waals surface area contributed by atoms with Crippen LogP contribution >= 0.6 is 0 Å². The Labute approximate surface area is 126 Å². The number of hydrogen-bond donors (Lipinski definition) is 2. The highest BCUT2D eigenvalue weighted by Gasteiger charge is 2.30. The van der Waals surface area contributed by atoms with Crippen molar-refractivity contribution in [2.45, 2.75) is 31.2 Å². The van der Waals surface area contributed by atoms with Gasteiger partial charge in [0.1, 0.15) is 17.3 Å². The van der Waals surface area contributed by atoms with Gasteiger partial charge in [0.2, 0.25) is 10.0 Å². The largest absolute Gasteiger partial charge is 0.490 e. The Bertz CT molecular complexity index is 611. The van der Waals surface area contributed by atoms with Gasteiger partial charge in [-0.1, -0.05) is 26.0 Å². The Morgan fingerprint density at radius 1 is 1.52 bits per heavy atom. The monoisotopic (exact) mass is 310 g/mol. The lowest BCUT2D eigenvalue weighted by molar-refractivity contribution is 0.262. The number of anilines is 1. The van der Waals surface area contributed by atoms with Crippen molar-refractivity contribution in [1.29, 1.82) is 0 Å². The van der Waals surface area contributed by atoms with Gasteiger partial charge in [0.25, 0.3) is 0 Å². The van der Waals surface area contributed by atoms with E-state index in [1.807, 2.05) is 0 Å². The molecule has 1 aliphatic heterocycles. The molecule has 0 spiro atoms. The minimum Gasteiger partial charge on any atom is -0.490 e. The SMILES string of the molecule is C=CCNc1cccc2c1S(=O)(=O)N[C@@H](CC(C)C)CO2. The summed E-state index contributed by atoms with van der Waals surface area (Å²) in [6, 6.07) is 4.98. The van der Waals surface area contributed by atoms with Crippen molar-refractivity contribution >= 4 is 15.7 Å². The quantitative estimate of drug-likeness (QED) is 0.819. The van der Waals surface area contributed by atoms with Crippen LogP contribution in [0.1, 0.15) is 20.3 Å². The molecule has 0 fully saturated rings. The minimum atomic E-state index is -3.61. The Balaban J connectivity index is 2.38. The molecule has 0 saturated carbocycles. The first-order valence-corrected chi connectivity index (χ1v) is 8.55. The Hall–Kier alpha value is -1.53. The van der Waals surface area contributed by atoms with Crippen LogP contribution in [0.5, 0.6) is 5.75 Å². The number of ether oxygens (including phenoxy) is 1. The van der Waals surface area contributed by atoms with Crippen molar-refractivity contribution in [3.05, 3.63) is 30.9 Å². The van der Waals surface area contributed by atoms with E-state index in [1.165, 1.54) is 0 Å². The number of sulfonamides is 1. The predicted molar refractivity (Wildman–Crippen MR) is 84.2 cm³/mol. The molecule has 116 valence electrons. The van der Waals surface area contributed by atoms with Gasteiger partial charge in [0.15, 0.2) is 0 Å². The van der Waals surface area contributed by atoms with Gasteiger partial charge in [0, 0.05) is 6.54 Å². The fraction of sp³-hybridized carbons (Fsp3) is 0.467. The van der Waals surface area contributed by atoms with Crippen molar-refractivity contribution in [2.24, 2.45) is 5.92 Å². The van der Waals surface area contributed by atoms with Crippen molar-refractivity contribution in [3.63, 3.8) is 0 Å². The zero-order valence-corrected chi connectivity index (χ0v) is 13.2. The lowest BCUT2D eigenvalue weighted by Gasteiger charge is -2.16. The van der Waals surface area contributed by atoms with Gasteiger partial charge in [-0.3, -0.25) is 0 Å². The molecular weight excluding hydrogens is 288 g/mol. The van der Waals surface area contributed by atoms with Gasteiger partial charge in [-0.15, -0.1) is 6.58 Å². The van der Waals surface area contributed by atoms with Gasteiger partial charge in [-0.25, -0.2) is 13.1 Å². The smallest absolute Gasteiger partial charge is 0.246 e. The molecular formula is C15H22N2O3S. The normalized spacial score (nSPS) is 20.2. The lowest BCUT2D eigenvalue weighted by Crippen LogP contribution is -2.37. The van der Waals surface area contributed by atoms with E-state index in [0.29, 0.717) is 30.5 Å². The molecule has 0 unspecified atom stereocenters. The second kappa shape index (κ2) is 6.49. The molecule has 1 atom stereocenters. The van der Waals surface area contributed by atoms with Crippen LogP contribution in [0.25, 0.3) is 0 Å². The van der Waals surface area contributed by atoms with Crippen LogP contribution in [-0.4, -0.2) is 27.6 Å². The van der Waals surface area contributed by atoms with Gasteiger partial charge >= 0.3 is 0 Å². The summed E-state index contributed by atoms with van der Waals surface area (Å²) in [5.41, 5.74) is 0.532. The maximum absolute atomic E-state index is 12.6. The third kappa shape index (κ3) is 3.77. The van der Waals surface area contributed by atoms with Gasteiger partial charge < -0.3 is 10.1 Å². The van der Waals surface area contributed by atoms with Crippen LogP contribution in [-0.2, 0) is 10.0 Å². The summed E-state index contributed by atoms with van der Waals surface area (Å²) in [6.07, 6.45) is 2.42. The molecule has 0 bridgehead atoms. The third-order valence-electron chi connectivity index (χ3n) is 3.20. The molecule has 1 aromatic carbocycles. The van der Waals surface area contributed by atoms with E-state index >= 15 is 0 Å². The number of rotatable bonds is 5. The molecule has 0 aromatic heterocycles. The number of benzene rings is 1. The van der Waals surface area contributed by atoms with E-state index in [9.17, 15) is 8.42 Å². The molecule has 0 radical (unpaired) electrons. The first-order chi connectivity index (χ1) is 9.94. The van der Waals surface area contributed by atoms with E-state index < -0.39 is 10.0 Å². The van der Waals surface area contributed by atoms with Crippen molar-refractivity contribution in [2.75, 3.05) is 18.5 Å². The van der Waals surface area contributed by atoms with E-state index in [2.05, 4.69) is 30.5 Å². The molecule has 2 N–H and O–H groups in total. The molecule has 0 aliphatic carbocycles. The van der Waals surface area contributed by atoms with Crippen LogP contribution in [0.15, 0.2) is 35.7 Å². The second-order valence-corrected chi connectivity index (χ2v) is 7.21. The van der Waals surface area contributed by atoms with Crippen molar-refractivity contribution < 1.29 is 13.2 Å². The van der Waals surface area contributed by atoms with E-state index in [-0.39, 0.29) is 10.9 Å². The molecule has 6 heteroatoms. The van der Waals surface area contributed by atoms with Crippen molar-refractivity contribution in [1.82, 2.24) is 4.72 Å². The maximum Gasteiger partial charge on any atom is 0.246 e. The molecule has 5 nitrogen and oxygen atoms in total. The molecule has 21 heavy (non-hydrogen) atoms. The summed E-state index contributed by atoms with van der Waals surface area (Å²) < 4.78 is 33.7. The fourth-order valence-corrected chi connectivity index (χ4v) is 3.96. The summed E-state index contributed by atoms with van der Waals surface area (Å²) in [7, 11) is -3.61. The molecule has 0 amide bonds. The summed E-state index contributed by atoms with van der Waals surface area (Å²) in [5.74, 6) is 0.781. The average molecular weight is 310 g/mol. The Morgan fingerprint density at radius 3 is 2.95 bits per heavy atom. The Morgan fingerprint density at radius 2 is 2.29 bits per heavy atom. The molecule has 1 aromatic rings. The maximum atomic E-state index is 12.6. The fourth-order valence-electron chi connectivity index (χ4n) is 2.42. The first-order valence-electron chi connectivity index (χ1n) is 7.07. The van der Waals surface area contributed by atoms with Crippen LogP contribution in [0.2, 0.25) is 0 Å². The zero-order chi connectivity index (χ0) is 15.5. The zero-order valence-electron chi connectivity index (χ0n) is 12.4.